The lowest BCUT2D eigenvalue weighted by Gasteiger charge is -2.16. The van der Waals surface area contributed by atoms with Crippen molar-refractivity contribution in [3.05, 3.63) is 29.8 Å². The van der Waals surface area contributed by atoms with E-state index in [-0.39, 0.29) is 30.0 Å². The quantitative estimate of drug-likeness (QED) is 0.359. The Labute approximate surface area is 163 Å². The summed E-state index contributed by atoms with van der Waals surface area (Å²) in [7, 11) is 0. The molecule has 0 radical (unpaired) electrons. The molecule has 3 amide bonds. The summed E-state index contributed by atoms with van der Waals surface area (Å²) in [5.41, 5.74) is 1.14. The number of anilines is 1. The topological polar surface area (TPSA) is 96.5 Å². The van der Waals surface area contributed by atoms with Crippen LogP contribution in [-0.4, -0.2) is 47.6 Å². The molecule has 0 saturated carbocycles. The summed E-state index contributed by atoms with van der Waals surface area (Å²) in [6.45, 7) is 2.10. The summed E-state index contributed by atoms with van der Waals surface area (Å²) in [6.07, 6.45) is 3.21. The number of fused-ring (bicyclic) bond motifs is 1. The zero-order chi connectivity index (χ0) is 19.2. The van der Waals surface area contributed by atoms with Crippen LogP contribution in [0.3, 0.4) is 0 Å². The fraction of sp³-hybridized carbons (Fsp3) is 0.526. The van der Waals surface area contributed by atoms with E-state index in [2.05, 4.69) is 16.0 Å². The van der Waals surface area contributed by atoms with Crippen LogP contribution >= 0.6 is 11.8 Å². The molecule has 1 aromatic rings. The first kappa shape index (κ1) is 19.5. The van der Waals surface area contributed by atoms with Crippen molar-refractivity contribution in [3.63, 3.8) is 0 Å². The predicted molar refractivity (Wildman–Crippen MR) is 105 cm³/mol. The van der Waals surface area contributed by atoms with Gasteiger partial charge in [-0.15, -0.1) is 0 Å². The minimum Gasteiger partial charge on any atom is -0.462 e. The van der Waals surface area contributed by atoms with Crippen LogP contribution in [-0.2, 0) is 9.53 Å². The summed E-state index contributed by atoms with van der Waals surface area (Å²) < 4.78 is 4.93. The Morgan fingerprint density at radius 1 is 1.22 bits per heavy atom. The van der Waals surface area contributed by atoms with Crippen molar-refractivity contribution in [2.45, 2.75) is 49.9 Å². The van der Waals surface area contributed by atoms with E-state index >= 15 is 0 Å². The molecule has 0 aliphatic carbocycles. The van der Waals surface area contributed by atoms with Crippen LogP contribution in [0.4, 0.5) is 10.5 Å². The number of hydrogen-bond donors (Lipinski definition) is 3. The van der Waals surface area contributed by atoms with Gasteiger partial charge in [0.05, 0.1) is 24.3 Å². The SMILES string of the molecule is CCOC(=O)c1ccc(NC(=O)CCCCC2SCC3NC(=O)NC32)cc1. The number of carbonyl (C=O) groups is 3. The Kier molecular flexibility index (Phi) is 6.60. The van der Waals surface area contributed by atoms with Crippen molar-refractivity contribution in [1.29, 1.82) is 0 Å². The Morgan fingerprint density at radius 3 is 2.74 bits per heavy atom. The van der Waals surface area contributed by atoms with Gasteiger partial charge in [0.25, 0.3) is 0 Å². The molecule has 1 aromatic carbocycles. The molecule has 2 fully saturated rings. The number of esters is 1. The third-order valence-electron chi connectivity index (χ3n) is 4.76. The molecule has 8 heteroatoms. The molecule has 2 saturated heterocycles. The van der Waals surface area contributed by atoms with E-state index in [1.165, 1.54) is 0 Å². The third-order valence-corrected chi connectivity index (χ3v) is 6.27. The molecule has 3 unspecified atom stereocenters. The van der Waals surface area contributed by atoms with Crippen LogP contribution in [0.2, 0.25) is 0 Å². The lowest BCUT2D eigenvalue weighted by molar-refractivity contribution is -0.116. The van der Waals surface area contributed by atoms with E-state index < -0.39 is 0 Å². The highest BCUT2D eigenvalue weighted by atomic mass is 32.2. The summed E-state index contributed by atoms with van der Waals surface area (Å²) in [6, 6.07) is 7.09. The van der Waals surface area contributed by atoms with E-state index in [1.54, 1.807) is 31.2 Å². The first-order valence-corrected chi connectivity index (χ1v) is 10.4. The molecule has 2 heterocycles. The summed E-state index contributed by atoms with van der Waals surface area (Å²) in [4.78, 5) is 35.1. The number of rotatable bonds is 8. The average molecular weight is 391 g/mol. The number of nitrogens with one attached hydrogen (secondary N) is 3. The highest BCUT2D eigenvalue weighted by Gasteiger charge is 2.42. The summed E-state index contributed by atoms with van der Waals surface area (Å²) in [5, 5.41) is 9.19. The van der Waals surface area contributed by atoms with Crippen LogP contribution < -0.4 is 16.0 Å². The molecule has 2 aliphatic heterocycles. The highest BCUT2D eigenvalue weighted by Crippen LogP contribution is 2.33. The van der Waals surface area contributed by atoms with Gasteiger partial charge in [0, 0.05) is 23.1 Å². The Bertz CT molecular complexity index is 695. The Morgan fingerprint density at radius 2 is 2.00 bits per heavy atom. The van der Waals surface area contributed by atoms with E-state index in [0.717, 1.165) is 25.0 Å². The first-order chi connectivity index (χ1) is 13.1. The van der Waals surface area contributed by atoms with Gasteiger partial charge in [0.2, 0.25) is 5.91 Å². The van der Waals surface area contributed by atoms with Gasteiger partial charge >= 0.3 is 12.0 Å². The molecule has 0 aromatic heterocycles. The number of thioether (sulfide) groups is 1. The van der Waals surface area contributed by atoms with Crippen LogP contribution in [0.25, 0.3) is 0 Å². The fourth-order valence-electron chi connectivity index (χ4n) is 3.40. The van der Waals surface area contributed by atoms with Gasteiger partial charge in [0.15, 0.2) is 0 Å². The Balaban J connectivity index is 1.35. The van der Waals surface area contributed by atoms with Crippen molar-refractivity contribution < 1.29 is 19.1 Å². The van der Waals surface area contributed by atoms with E-state index in [0.29, 0.717) is 29.5 Å². The fourth-order valence-corrected chi connectivity index (χ4v) is 4.95. The smallest absolute Gasteiger partial charge is 0.338 e. The van der Waals surface area contributed by atoms with Crippen molar-refractivity contribution in [3.8, 4) is 0 Å². The molecule has 146 valence electrons. The predicted octanol–water partition coefficient (Wildman–Crippen LogP) is 2.53. The van der Waals surface area contributed by atoms with Crippen molar-refractivity contribution in [1.82, 2.24) is 10.6 Å². The maximum Gasteiger partial charge on any atom is 0.338 e. The number of amides is 3. The molecular weight excluding hydrogens is 366 g/mol. The second kappa shape index (κ2) is 9.12. The minimum atomic E-state index is -0.365. The van der Waals surface area contributed by atoms with Crippen LogP contribution in [0.5, 0.6) is 0 Å². The standard InChI is InChI=1S/C19H25N3O4S/c1-2-26-18(24)12-7-9-13(10-8-12)20-16(23)6-4-3-5-15-17-14(11-27-15)21-19(25)22-17/h7-10,14-15,17H,2-6,11H2,1H3,(H,20,23)(H2,21,22,25). The third kappa shape index (κ3) is 5.15. The molecular formula is C19H25N3O4S. The summed E-state index contributed by atoms with van der Waals surface area (Å²) >= 11 is 1.89. The number of benzene rings is 1. The average Bonchev–Trinajstić information content (AvgIpc) is 3.19. The highest BCUT2D eigenvalue weighted by molar-refractivity contribution is 8.00. The second-order valence-corrected chi connectivity index (χ2v) is 7.99. The van der Waals surface area contributed by atoms with Crippen LogP contribution in [0, 0.1) is 0 Å². The van der Waals surface area contributed by atoms with Crippen molar-refractivity contribution in [2.24, 2.45) is 0 Å². The monoisotopic (exact) mass is 391 g/mol. The molecule has 27 heavy (non-hydrogen) atoms. The minimum absolute atomic E-state index is 0.0355. The number of carbonyl (C=O) groups excluding carboxylic acids is 3. The molecule has 2 aliphatic rings. The van der Waals surface area contributed by atoms with Crippen molar-refractivity contribution in [2.75, 3.05) is 17.7 Å². The van der Waals surface area contributed by atoms with Gasteiger partial charge in [-0.25, -0.2) is 9.59 Å². The number of unbranched alkanes of at least 4 members (excludes halogenated alkanes) is 1. The molecule has 3 rings (SSSR count). The van der Waals surface area contributed by atoms with E-state index in [9.17, 15) is 14.4 Å². The second-order valence-electron chi connectivity index (χ2n) is 6.71. The van der Waals surface area contributed by atoms with Gasteiger partial charge in [-0.3, -0.25) is 4.79 Å². The van der Waals surface area contributed by atoms with Gasteiger partial charge in [-0.2, -0.15) is 11.8 Å². The molecule has 3 N–H and O–H groups in total. The zero-order valence-corrected chi connectivity index (χ0v) is 16.1. The lowest BCUT2D eigenvalue weighted by Crippen LogP contribution is -2.36. The van der Waals surface area contributed by atoms with Gasteiger partial charge in [0.1, 0.15) is 0 Å². The maximum atomic E-state index is 12.1. The molecule has 3 atom stereocenters. The van der Waals surface area contributed by atoms with E-state index in [1.807, 2.05) is 11.8 Å². The first-order valence-electron chi connectivity index (χ1n) is 9.32. The number of urea groups is 1. The largest absolute Gasteiger partial charge is 0.462 e. The normalized spacial score (nSPS) is 23.3. The Hall–Kier alpha value is -2.22. The van der Waals surface area contributed by atoms with Gasteiger partial charge in [-0.1, -0.05) is 6.42 Å². The van der Waals surface area contributed by atoms with E-state index in [4.69, 9.17) is 4.74 Å². The van der Waals surface area contributed by atoms with Crippen LogP contribution in [0.15, 0.2) is 24.3 Å². The zero-order valence-electron chi connectivity index (χ0n) is 15.3. The lowest BCUT2D eigenvalue weighted by atomic mass is 10.0. The number of hydrogen-bond acceptors (Lipinski definition) is 5. The van der Waals surface area contributed by atoms with Gasteiger partial charge in [-0.05, 0) is 44.0 Å². The summed E-state index contributed by atoms with van der Waals surface area (Å²) in [5.74, 6) is 0.554. The van der Waals surface area contributed by atoms with Crippen molar-refractivity contribution >= 4 is 35.4 Å². The van der Waals surface area contributed by atoms with Gasteiger partial charge < -0.3 is 20.7 Å². The molecule has 0 bridgehead atoms. The maximum absolute atomic E-state index is 12.1. The van der Waals surface area contributed by atoms with Crippen LogP contribution in [0.1, 0.15) is 43.0 Å². The molecule has 7 nitrogen and oxygen atoms in total. The number of ether oxygens (including phenoxy) is 1. The molecule has 0 spiro atoms.